The Bertz CT molecular complexity index is 1300. The van der Waals surface area contributed by atoms with Crippen LogP contribution < -0.4 is 29.6 Å². The molecule has 4 aromatic carbocycles. The number of allylic oxidation sites excluding steroid dienone is 4. The topological polar surface area (TPSA) is 9.23 Å². The van der Waals surface area contributed by atoms with Gasteiger partial charge in [-0.2, -0.15) is 12.1 Å². The first kappa shape index (κ1) is 30.7. The Balaban J connectivity index is 0.000000205. The van der Waals surface area contributed by atoms with E-state index in [1.165, 1.54) is 66.4 Å². The maximum atomic E-state index is 5.18. The van der Waals surface area contributed by atoms with Crippen molar-refractivity contribution in [1.29, 1.82) is 0 Å². The minimum atomic E-state index is 0. The van der Waals surface area contributed by atoms with E-state index >= 15 is 0 Å². The van der Waals surface area contributed by atoms with Crippen molar-refractivity contribution in [3.8, 4) is 16.9 Å². The molecule has 0 amide bonds. The van der Waals surface area contributed by atoms with E-state index in [0.717, 1.165) is 18.6 Å². The van der Waals surface area contributed by atoms with Gasteiger partial charge >= 0.3 is 99.2 Å². The van der Waals surface area contributed by atoms with Crippen LogP contribution in [-0.2, 0) is 30.7 Å². The van der Waals surface area contributed by atoms with Gasteiger partial charge < -0.3 is 29.6 Å². The van der Waals surface area contributed by atoms with Crippen molar-refractivity contribution in [2.45, 2.75) is 19.8 Å². The van der Waals surface area contributed by atoms with E-state index < -0.39 is 0 Å². The molecule has 0 spiro atoms. The van der Waals surface area contributed by atoms with Gasteiger partial charge in [0.1, 0.15) is 0 Å². The van der Waals surface area contributed by atoms with Crippen molar-refractivity contribution in [3.05, 3.63) is 149 Å². The Labute approximate surface area is 248 Å². The number of halogens is 2. The van der Waals surface area contributed by atoms with Crippen molar-refractivity contribution in [3.63, 3.8) is 0 Å². The molecule has 2 aliphatic carbocycles. The van der Waals surface area contributed by atoms with Crippen LogP contribution in [0.5, 0.6) is 5.75 Å². The van der Waals surface area contributed by atoms with Crippen LogP contribution in [0.3, 0.4) is 0 Å². The number of rotatable bonds is 3. The summed E-state index contributed by atoms with van der Waals surface area (Å²) in [5.74, 6) is 0.821. The molecule has 0 heterocycles. The summed E-state index contributed by atoms with van der Waals surface area (Å²) < 4.78 is 6.60. The Morgan fingerprint density at radius 3 is 1.86 bits per heavy atom. The molecule has 0 aromatic heterocycles. The van der Waals surface area contributed by atoms with E-state index in [1.807, 2.05) is 12.1 Å². The van der Waals surface area contributed by atoms with E-state index in [1.54, 1.807) is 7.11 Å². The Hall–Kier alpha value is -2.51. The quantitative estimate of drug-likeness (QED) is 0.285. The van der Waals surface area contributed by atoms with Crippen LogP contribution >= 0.6 is 0 Å². The van der Waals surface area contributed by atoms with Crippen LogP contribution in [0, 0.1) is 12.1 Å². The fourth-order valence-corrected chi connectivity index (χ4v) is 4.85. The number of ether oxygens (including phenoxy) is 1. The molecule has 0 atom stereocenters. The third-order valence-corrected chi connectivity index (χ3v) is 7.31. The van der Waals surface area contributed by atoms with Gasteiger partial charge in [0.05, 0.1) is 7.11 Å². The van der Waals surface area contributed by atoms with Crippen molar-refractivity contribution >= 4 is 3.21 Å². The van der Waals surface area contributed by atoms with E-state index in [-0.39, 0.29) is 24.8 Å². The normalized spacial score (nSPS) is 11.6. The predicted molar refractivity (Wildman–Crippen MR) is 142 cm³/mol. The summed E-state index contributed by atoms with van der Waals surface area (Å²) in [7, 11) is 1.68. The molecule has 0 fully saturated rings. The standard InChI is InChI=1S/C14H11O.C13H10.C6H7.2ClH.Zr/c1-15-12-6-7-14-11(9-12)8-10-4-2-3-5-13(10)14;1-3-7-12(8-4-1)11-13-9-5-2-6-10-13;1-6-4-2-3-5-6;;;/h2-7H,8H2,1H3;1-10H;4-5H,2H2,1H3;2*1H;/q-1;;-1;;;+2/p-2. The molecule has 6 rings (SSSR count). The van der Waals surface area contributed by atoms with Crippen molar-refractivity contribution in [2.24, 2.45) is 0 Å². The van der Waals surface area contributed by atoms with Gasteiger partial charge in [0.15, 0.2) is 0 Å². The molecular formula is C33H28Cl2OZr-2. The molecule has 37 heavy (non-hydrogen) atoms. The minimum absolute atomic E-state index is 0. The molecule has 0 unspecified atom stereocenters. The summed E-state index contributed by atoms with van der Waals surface area (Å²) in [5.41, 5.74) is 9.27. The van der Waals surface area contributed by atoms with Crippen LogP contribution in [0.4, 0.5) is 0 Å². The van der Waals surface area contributed by atoms with Crippen LogP contribution in [0.2, 0.25) is 0 Å². The maximum absolute atomic E-state index is 5.18. The van der Waals surface area contributed by atoms with E-state index in [0.29, 0.717) is 0 Å². The zero-order valence-electron chi connectivity index (χ0n) is 21.0. The van der Waals surface area contributed by atoms with Gasteiger partial charge in [0, 0.05) is 5.75 Å². The van der Waals surface area contributed by atoms with Gasteiger partial charge in [0.25, 0.3) is 0 Å². The Morgan fingerprint density at radius 1 is 0.757 bits per heavy atom. The summed E-state index contributed by atoms with van der Waals surface area (Å²) in [6.07, 6.45) is 9.22. The van der Waals surface area contributed by atoms with Gasteiger partial charge in [-0.3, -0.25) is 6.08 Å². The Kier molecular flexibility index (Phi) is 13.0. The van der Waals surface area contributed by atoms with Gasteiger partial charge in [-0.25, -0.2) is 11.6 Å². The second-order valence-electron chi connectivity index (χ2n) is 8.36. The second-order valence-corrected chi connectivity index (χ2v) is 9.59. The van der Waals surface area contributed by atoms with Crippen molar-refractivity contribution < 1.29 is 53.8 Å². The third-order valence-electron chi connectivity index (χ3n) is 5.89. The molecule has 0 aliphatic heterocycles. The average molecular weight is 603 g/mol. The number of methoxy groups -OCH3 is 1. The fraction of sp³-hybridized carbons (Fsp3) is 0.121. The van der Waals surface area contributed by atoms with Gasteiger partial charge in [-0.05, 0) is 6.42 Å². The average Bonchev–Trinajstić information content (AvgIpc) is 3.56. The van der Waals surface area contributed by atoms with Gasteiger partial charge in [-0.15, -0.1) is 36.6 Å². The number of fused-ring (bicyclic) bond motifs is 3. The molecule has 0 radical (unpaired) electrons. The molecule has 0 saturated heterocycles. The van der Waals surface area contributed by atoms with E-state index in [9.17, 15) is 0 Å². The van der Waals surface area contributed by atoms with Gasteiger partial charge in [0.2, 0.25) is 0 Å². The van der Waals surface area contributed by atoms with Crippen LogP contribution in [0.25, 0.3) is 11.1 Å². The van der Waals surface area contributed by atoms with E-state index in [4.69, 9.17) is 4.74 Å². The molecule has 4 heteroatoms. The molecule has 0 saturated carbocycles. The zero-order chi connectivity index (χ0) is 24.5. The summed E-state index contributed by atoms with van der Waals surface area (Å²) in [6, 6.07) is 37.0. The molecule has 1 nitrogen and oxygen atoms in total. The zero-order valence-corrected chi connectivity index (χ0v) is 24.9. The van der Waals surface area contributed by atoms with E-state index in [2.05, 4.69) is 116 Å². The Morgan fingerprint density at radius 2 is 1.35 bits per heavy atom. The SMILES string of the molecule is CC1=CC[C-]=C1.COc1[c-]c2c(cc1)-c1ccccc1C2.[Cl-].[Cl-].[Zr+2]=[C](c1ccccc1)c1ccccc1. The van der Waals surface area contributed by atoms with Crippen LogP contribution in [-0.4, -0.2) is 10.3 Å². The number of hydrogen-bond donors (Lipinski definition) is 0. The van der Waals surface area contributed by atoms with Crippen LogP contribution in [0.1, 0.15) is 35.6 Å². The molecule has 186 valence electrons. The fourth-order valence-electron chi connectivity index (χ4n) is 4.03. The summed E-state index contributed by atoms with van der Waals surface area (Å²) in [5, 5.41) is 0. The van der Waals surface area contributed by atoms with Gasteiger partial charge in [-0.1, -0.05) is 35.4 Å². The first-order chi connectivity index (χ1) is 17.2. The summed E-state index contributed by atoms with van der Waals surface area (Å²) in [6.45, 7) is 2.08. The summed E-state index contributed by atoms with van der Waals surface area (Å²) in [4.78, 5) is 0. The second kappa shape index (κ2) is 15.7. The molecule has 2 aliphatic rings. The van der Waals surface area contributed by atoms with Crippen molar-refractivity contribution in [2.75, 3.05) is 7.11 Å². The molecule has 0 bridgehead atoms. The van der Waals surface area contributed by atoms with Crippen LogP contribution in [0.15, 0.2) is 115 Å². The molecule has 4 aromatic rings. The monoisotopic (exact) mass is 600 g/mol. The third kappa shape index (κ3) is 8.51. The number of hydrogen-bond acceptors (Lipinski definition) is 1. The molecule has 0 N–H and O–H groups in total. The first-order valence-electron chi connectivity index (χ1n) is 11.8. The first-order valence-corrected chi connectivity index (χ1v) is 13.0. The molecular weight excluding hydrogens is 574 g/mol. The number of benzene rings is 4. The predicted octanol–water partition coefficient (Wildman–Crippen LogP) is 1.57. The summed E-state index contributed by atoms with van der Waals surface area (Å²) >= 11 is 1.46. The van der Waals surface area contributed by atoms with Crippen molar-refractivity contribution in [1.82, 2.24) is 0 Å².